The molecule has 2 bridgehead atoms. The van der Waals surface area contributed by atoms with Crippen molar-refractivity contribution in [2.24, 2.45) is 17.8 Å². The Morgan fingerprint density at radius 2 is 1.79 bits per heavy atom. The molecule has 2 saturated carbocycles. The Hall–Kier alpha value is -3.23. The quantitative estimate of drug-likeness (QED) is 0.298. The number of anilines is 1. The van der Waals surface area contributed by atoms with Gasteiger partial charge in [-0.05, 0) is 66.2 Å². The molecule has 1 aromatic heterocycles. The zero-order valence-electron chi connectivity index (χ0n) is 21.9. The Labute approximate surface area is 235 Å². The van der Waals surface area contributed by atoms with E-state index in [1.807, 2.05) is 60.3 Å². The van der Waals surface area contributed by atoms with Crippen LogP contribution in [0.5, 0.6) is 11.5 Å². The summed E-state index contributed by atoms with van der Waals surface area (Å²) < 4.78 is 12.9. The number of hydrogen-bond donors (Lipinski definition) is 1. The number of amides is 1. The Bertz CT molecular complexity index is 1640. The largest absolute Gasteiger partial charge is 0.493 e. The molecule has 3 aromatic carbocycles. The van der Waals surface area contributed by atoms with Crippen LogP contribution in [0.3, 0.4) is 0 Å². The van der Waals surface area contributed by atoms with Crippen LogP contribution in [0.4, 0.5) is 5.69 Å². The van der Waals surface area contributed by atoms with Gasteiger partial charge in [0, 0.05) is 27.1 Å². The van der Waals surface area contributed by atoms with Crippen LogP contribution in [0.2, 0.25) is 0 Å². The van der Waals surface area contributed by atoms with Gasteiger partial charge in [0.2, 0.25) is 5.91 Å². The molecular weight excluding hydrogens is 528 g/mol. The van der Waals surface area contributed by atoms with Gasteiger partial charge >= 0.3 is 4.87 Å². The van der Waals surface area contributed by atoms with Crippen molar-refractivity contribution in [3.63, 3.8) is 0 Å². The van der Waals surface area contributed by atoms with Gasteiger partial charge in [0.05, 0.1) is 19.2 Å². The molecule has 0 radical (unpaired) electrons. The van der Waals surface area contributed by atoms with Gasteiger partial charge in [-0.25, -0.2) is 0 Å². The van der Waals surface area contributed by atoms with Crippen LogP contribution in [0.15, 0.2) is 70.5 Å². The molecule has 8 heteroatoms. The first kappa shape index (κ1) is 24.8. The van der Waals surface area contributed by atoms with Crippen LogP contribution in [0.25, 0.3) is 10.8 Å². The summed E-state index contributed by atoms with van der Waals surface area (Å²) in [6.45, 7) is 0.00498. The van der Waals surface area contributed by atoms with Crippen molar-refractivity contribution in [2.45, 2.75) is 42.0 Å². The van der Waals surface area contributed by atoms with E-state index >= 15 is 0 Å². The first-order chi connectivity index (χ1) is 19.1. The molecule has 4 aromatic rings. The lowest BCUT2D eigenvalue weighted by Gasteiger charge is -2.40. The van der Waals surface area contributed by atoms with Gasteiger partial charge in [0.1, 0.15) is 6.54 Å². The number of thiazole rings is 1. The highest BCUT2D eigenvalue weighted by Gasteiger charge is 2.55. The first-order valence-electron chi connectivity index (χ1n) is 13.5. The maximum absolute atomic E-state index is 13.4. The molecule has 1 amide bonds. The highest BCUT2D eigenvalue weighted by molar-refractivity contribution is 8.00. The van der Waals surface area contributed by atoms with Crippen molar-refractivity contribution in [3.8, 4) is 11.5 Å². The monoisotopic (exact) mass is 558 g/mol. The molecule has 0 unspecified atom stereocenters. The molecule has 7 rings (SSSR count). The van der Waals surface area contributed by atoms with Gasteiger partial charge in [0.25, 0.3) is 0 Å². The third kappa shape index (κ3) is 4.07. The number of fused-ring (bicyclic) bond motifs is 7. The predicted molar refractivity (Wildman–Crippen MR) is 157 cm³/mol. The lowest BCUT2D eigenvalue weighted by molar-refractivity contribution is -0.116. The van der Waals surface area contributed by atoms with E-state index in [1.165, 1.54) is 30.6 Å². The van der Waals surface area contributed by atoms with Gasteiger partial charge < -0.3 is 14.8 Å². The van der Waals surface area contributed by atoms with Crippen LogP contribution >= 0.6 is 23.1 Å². The Morgan fingerprint density at radius 3 is 2.64 bits per heavy atom. The molecule has 3 aliphatic rings. The molecule has 6 nitrogen and oxygen atoms in total. The zero-order valence-corrected chi connectivity index (χ0v) is 23.5. The summed E-state index contributed by atoms with van der Waals surface area (Å²) in [6.07, 6.45) is 3.77. The second-order valence-corrected chi connectivity index (χ2v) is 12.9. The van der Waals surface area contributed by atoms with Crippen molar-refractivity contribution < 1.29 is 14.3 Å². The predicted octanol–water partition coefficient (Wildman–Crippen LogP) is 6.37. The van der Waals surface area contributed by atoms with Crippen LogP contribution in [0, 0.1) is 17.8 Å². The van der Waals surface area contributed by atoms with E-state index < -0.39 is 0 Å². The fourth-order valence-corrected chi connectivity index (χ4v) is 10.3. The Morgan fingerprint density at radius 1 is 1.00 bits per heavy atom. The highest BCUT2D eigenvalue weighted by atomic mass is 32.2. The summed E-state index contributed by atoms with van der Waals surface area (Å²) in [5.41, 5.74) is 1.92. The molecule has 0 spiro atoms. The van der Waals surface area contributed by atoms with Gasteiger partial charge in [0.15, 0.2) is 11.5 Å². The van der Waals surface area contributed by atoms with E-state index in [0.717, 1.165) is 31.9 Å². The highest BCUT2D eigenvalue weighted by Crippen LogP contribution is 2.64. The molecule has 2 aliphatic carbocycles. The van der Waals surface area contributed by atoms with E-state index in [-0.39, 0.29) is 23.2 Å². The topological polar surface area (TPSA) is 69.6 Å². The lowest BCUT2D eigenvalue weighted by atomic mass is 9.75. The lowest BCUT2D eigenvalue weighted by Crippen LogP contribution is -2.34. The number of benzene rings is 3. The van der Waals surface area contributed by atoms with Gasteiger partial charge in [-0.3, -0.25) is 14.2 Å². The normalized spacial score (nSPS) is 24.8. The van der Waals surface area contributed by atoms with Crippen molar-refractivity contribution in [1.82, 2.24) is 4.57 Å². The number of methoxy groups -OCH3 is 2. The average Bonchev–Trinajstić information content (AvgIpc) is 3.66. The number of rotatable bonds is 6. The van der Waals surface area contributed by atoms with Crippen LogP contribution < -0.4 is 19.7 Å². The maximum atomic E-state index is 13.4. The minimum absolute atomic E-state index is 0.00498. The summed E-state index contributed by atoms with van der Waals surface area (Å²) >= 11 is 3.15. The number of thioether (sulfide) groups is 1. The summed E-state index contributed by atoms with van der Waals surface area (Å²) in [5.74, 6) is 3.14. The fourth-order valence-electron chi connectivity index (χ4n) is 7.17. The van der Waals surface area contributed by atoms with Gasteiger partial charge in [-0.1, -0.05) is 53.8 Å². The van der Waals surface area contributed by atoms with E-state index in [1.54, 1.807) is 18.8 Å². The first-order valence-corrected chi connectivity index (χ1v) is 15.1. The Balaban J connectivity index is 1.26. The van der Waals surface area contributed by atoms with Gasteiger partial charge in [-0.2, -0.15) is 0 Å². The van der Waals surface area contributed by atoms with Crippen LogP contribution in [-0.2, 0) is 11.3 Å². The van der Waals surface area contributed by atoms with E-state index in [2.05, 4.69) is 17.4 Å². The summed E-state index contributed by atoms with van der Waals surface area (Å²) in [5, 5.41) is 6.54. The number of aromatic nitrogens is 1. The molecule has 2 fully saturated rings. The molecule has 0 saturated heterocycles. The van der Waals surface area contributed by atoms with E-state index in [4.69, 9.17) is 9.47 Å². The van der Waals surface area contributed by atoms with Gasteiger partial charge in [-0.15, -0.1) is 11.8 Å². The minimum Gasteiger partial charge on any atom is -0.493 e. The summed E-state index contributed by atoms with van der Waals surface area (Å²) in [6, 6.07) is 20.0. The second kappa shape index (κ2) is 9.75. The third-order valence-electron chi connectivity index (χ3n) is 8.82. The number of nitrogens with zero attached hydrogens (tertiary/aromatic N) is 1. The molecule has 1 N–H and O–H groups in total. The minimum atomic E-state index is -0.188. The van der Waals surface area contributed by atoms with Crippen LogP contribution in [0.1, 0.15) is 35.6 Å². The number of nitrogens with one attached hydrogen (secondary N) is 1. The molecule has 5 atom stereocenters. The van der Waals surface area contributed by atoms with Crippen molar-refractivity contribution in [1.29, 1.82) is 0 Å². The second-order valence-electron chi connectivity index (χ2n) is 10.8. The molecule has 200 valence electrons. The molecule has 1 aliphatic heterocycles. The molecular formula is C31H30N2O4S2. The standard InChI is InChI=1S/C31H30N2O4S2/c1-36-23-13-12-19(15-24(23)37-2)27-26-18-10-11-20(14-18)28(26)38-30-29(27)39-31(35)33(30)16-25(34)32-22-9-5-7-17-6-3-4-8-21(17)22/h3-9,12-13,15,18,20,26-28H,10-11,14,16H2,1-2H3,(H,32,34)/t18-,20-,26-,27-,28+/m0/s1. The number of ether oxygens (including phenoxy) is 2. The SMILES string of the molecule is COc1ccc([C@@H]2c3sc(=O)n(CC(=O)Nc4cccc5ccccc45)c3S[C@@H]3[C@H]4CC[C@@H](C4)[C@@H]23)cc1OC. The van der Waals surface area contributed by atoms with Crippen molar-refractivity contribution >= 4 is 45.5 Å². The zero-order chi connectivity index (χ0) is 26.7. The van der Waals surface area contributed by atoms with Crippen molar-refractivity contribution in [3.05, 3.63) is 80.8 Å². The van der Waals surface area contributed by atoms with Crippen molar-refractivity contribution in [2.75, 3.05) is 19.5 Å². The number of carbonyl (C=O) groups is 1. The Kier molecular flexibility index (Phi) is 6.20. The van der Waals surface area contributed by atoms with Crippen LogP contribution in [-0.4, -0.2) is 29.9 Å². The fraction of sp³-hybridized carbons (Fsp3) is 0.355. The smallest absolute Gasteiger partial charge is 0.308 e. The number of carbonyl (C=O) groups excluding carboxylic acids is 1. The van der Waals surface area contributed by atoms with E-state index in [0.29, 0.717) is 34.5 Å². The summed E-state index contributed by atoms with van der Waals surface area (Å²) in [7, 11) is 3.31. The maximum Gasteiger partial charge on any atom is 0.308 e. The molecule has 2 heterocycles. The number of hydrogen-bond acceptors (Lipinski definition) is 6. The average molecular weight is 559 g/mol. The summed E-state index contributed by atoms with van der Waals surface area (Å²) in [4.78, 5) is 27.8. The molecule has 39 heavy (non-hydrogen) atoms. The van der Waals surface area contributed by atoms with E-state index in [9.17, 15) is 9.59 Å². The third-order valence-corrected chi connectivity index (χ3v) is 11.6.